The maximum atomic E-state index is 12.6. The molecule has 5 heterocycles. The highest BCUT2D eigenvalue weighted by atomic mass is 35.5. The van der Waals surface area contributed by atoms with E-state index in [0.717, 1.165) is 28.8 Å². The summed E-state index contributed by atoms with van der Waals surface area (Å²) in [5.74, 6) is -0.282. The van der Waals surface area contributed by atoms with Crippen molar-refractivity contribution in [3.63, 3.8) is 0 Å². The van der Waals surface area contributed by atoms with Crippen LogP contribution in [0.4, 0.5) is 10.6 Å². The first-order valence-electron chi connectivity index (χ1n) is 13.2. The second-order valence-corrected chi connectivity index (χ2v) is 13.0. The maximum absolute atomic E-state index is 12.6. The third-order valence-corrected chi connectivity index (χ3v) is 8.48. The molecule has 1 aliphatic carbocycles. The molecule has 3 aliphatic rings. The molecule has 0 unspecified atom stereocenters. The highest BCUT2D eigenvalue weighted by Crippen LogP contribution is 2.51. The van der Waals surface area contributed by atoms with Crippen molar-refractivity contribution in [3.05, 3.63) is 34.7 Å². The number of amides is 1. The van der Waals surface area contributed by atoms with E-state index in [2.05, 4.69) is 25.6 Å². The standard InChI is InChI=1S/C27H33ClN6O4S/c1-26(2,3)38-25(35)33-9-6-14(7-10-33)15-12-17(20-19(15)36-27(4,5)37-20)34-13-16(23-30-8-11-39-23)18-21(29)31-24(28)32-22(18)34/h6,8,11,13,15,17,19-20H,7,9-10,12H2,1-5H3,(H2,29,31,32)/t15-,17-,19-,20+/m1/s1. The number of aromatic nitrogens is 4. The van der Waals surface area contributed by atoms with Crippen LogP contribution in [-0.4, -0.2) is 67.2 Å². The summed E-state index contributed by atoms with van der Waals surface area (Å²) in [5, 5.41) is 3.60. The molecule has 1 saturated heterocycles. The van der Waals surface area contributed by atoms with Gasteiger partial charge >= 0.3 is 6.09 Å². The normalized spacial score (nSPS) is 26.6. The molecule has 0 bridgehead atoms. The predicted molar refractivity (Wildman–Crippen MR) is 150 cm³/mol. The molecule has 12 heteroatoms. The van der Waals surface area contributed by atoms with Crippen LogP contribution in [0.5, 0.6) is 0 Å². The zero-order valence-electron chi connectivity index (χ0n) is 22.7. The van der Waals surface area contributed by atoms with Crippen molar-refractivity contribution < 1.29 is 19.0 Å². The molecule has 39 heavy (non-hydrogen) atoms. The molecular weight excluding hydrogens is 540 g/mol. The summed E-state index contributed by atoms with van der Waals surface area (Å²) in [7, 11) is 0. The Morgan fingerprint density at radius 2 is 2.03 bits per heavy atom. The minimum absolute atomic E-state index is 0.0758. The number of nitrogens with two attached hydrogens (primary N) is 1. The second kappa shape index (κ2) is 9.43. The summed E-state index contributed by atoms with van der Waals surface area (Å²) in [6, 6.07) is -0.0758. The lowest BCUT2D eigenvalue weighted by Crippen LogP contribution is -2.40. The highest BCUT2D eigenvalue weighted by molar-refractivity contribution is 7.13. The summed E-state index contributed by atoms with van der Waals surface area (Å²) in [4.78, 5) is 27.7. The van der Waals surface area contributed by atoms with Crippen LogP contribution in [0.3, 0.4) is 0 Å². The summed E-state index contributed by atoms with van der Waals surface area (Å²) >= 11 is 7.82. The number of thiazole rings is 1. The van der Waals surface area contributed by atoms with Gasteiger partial charge in [0.2, 0.25) is 5.28 Å². The van der Waals surface area contributed by atoms with Crippen molar-refractivity contribution in [2.75, 3.05) is 18.8 Å². The number of carbonyl (C=O) groups is 1. The van der Waals surface area contributed by atoms with Crippen LogP contribution in [0.25, 0.3) is 21.6 Å². The fourth-order valence-corrected chi connectivity index (χ4v) is 6.85. The Labute approximate surface area is 236 Å². The van der Waals surface area contributed by atoms with Crippen LogP contribution in [0.1, 0.15) is 53.5 Å². The van der Waals surface area contributed by atoms with Crippen molar-refractivity contribution >= 4 is 45.9 Å². The smallest absolute Gasteiger partial charge is 0.410 e. The quantitative estimate of drug-likeness (QED) is 0.326. The SMILES string of the molecule is CC(C)(C)OC(=O)N1CC=C([C@H]2C[C@@H](n3cc(-c4nccs4)c4c(N)nc(Cl)nc43)[C@@H]3OC(C)(C)O[C@@H]32)CC1. The second-order valence-electron chi connectivity index (χ2n) is 11.8. The van der Waals surface area contributed by atoms with Gasteiger partial charge in [-0.3, -0.25) is 0 Å². The Kier molecular flexibility index (Phi) is 6.41. The third-order valence-electron chi connectivity index (χ3n) is 7.50. The number of nitrogen functional groups attached to an aromatic ring is 1. The number of carbonyl (C=O) groups excluding carboxylic acids is 1. The Morgan fingerprint density at radius 1 is 1.26 bits per heavy atom. The van der Waals surface area contributed by atoms with Gasteiger partial charge in [-0.1, -0.05) is 11.6 Å². The molecule has 208 valence electrons. The number of hydrogen-bond donors (Lipinski definition) is 1. The van der Waals surface area contributed by atoms with Gasteiger partial charge < -0.3 is 29.4 Å². The lowest BCUT2D eigenvalue weighted by atomic mass is 9.90. The monoisotopic (exact) mass is 572 g/mol. The minimum Gasteiger partial charge on any atom is -0.444 e. The molecule has 2 fully saturated rings. The van der Waals surface area contributed by atoms with Gasteiger partial charge in [-0.05, 0) is 59.1 Å². The van der Waals surface area contributed by atoms with E-state index in [0.29, 0.717) is 24.6 Å². The van der Waals surface area contributed by atoms with Crippen LogP contribution in [0.2, 0.25) is 5.28 Å². The average Bonchev–Trinajstić information content (AvgIpc) is 3.60. The fraction of sp³-hybridized carbons (Fsp3) is 0.556. The molecule has 2 aliphatic heterocycles. The van der Waals surface area contributed by atoms with Gasteiger partial charge in [0.15, 0.2) is 5.79 Å². The van der Waals surface area contributed by atoms with Crippen LogP contribution in [0, 0.1) is 5.92 Å². The summed E-state index contributed by atoms with van der Waals surface area (Å²) in [5.41, 5.74) is 8.64. The molecule has 0 aromatic carbocycles. The number of anilines is 1. The topological polar surface area (TPSA) is 118 Å². The molecule has 6 rings (SSSR count). The molecule has 1 saturated carbocycles. The van der Waals surface area contributed by atoms with Crippen molar-refractivity contribution in [1.82, 2.24) is 24.4 Å². The Morgan fingerprint density at radius 3 is 2.69 bits per heavy atom. The average molecular weight is 573 g/mol. The molecule has 4 atom stereocenters. The van der Waals surface area contributed by atoms with Gasteiger partial charge in [0.1, 0.15) is 28.2 Å². The van der Waals surface area contributed by atoms with E-state index in [1.165, 1.54) is 16.9 Å². The first kappa shape index (κ1) is 26.5. The van der Waals surface area contributed by atoms with Crippen molar-refractivity contribution in [1.29, 1.82) is 0 Å². The predicted octanol–water partition coefficient (Wildman–Crippen LogP) is 5.44. The van der Waals surface area contributed by atoms with Crippen LogP contribution in [0.15, 0.2) is 29.4 Å². The summed E-state index contributed by atoms with van der Waals surface area (Å²) in [6.45, 7) is 10.6. The maximum Gasteiger partial charge on any atom is 0.410 e. The first-order chi connectivity index (χ1) is 18.4. The van der Waals surface area contributed by atoms with E-state index < -0.39 is 11.4 Å². The van der Waals surface area contributed by atoms with Crippen molar-refractivity contribution in [2.45, 2.75) is 77.1 Å². The molecule has 10 nitrogen and oxygen atoms in total. The van der Waals surface area contributed by atoms with Gasteiger partial charge in [-0.15, -0.1) is 11.3 Å². The van der Waals surface area contributed by atoms with E-state index in [-0.39, 0.29) is 35.5 Å². The minimum atomic E-state index is -0.725. The van der Waals surface area contributed by atoms with Crippen LogP contribution < -0.4 is 5.73 Å². The van der Waals surface area contributed by atoms with E-state index in [1.807, 2.05) is 46.2 Å². The molecule has 1 amide bonds. The Balaban J connectivity index is 1.35. The van der Waals surface area contributed by atoms with Crippen molar-refractivity contribution in [2.24, 2.45) is 5.92 Å². The number of nitrogens with zero attached hydrogens (tertiary/aromatic N) is 5. The van der Waals surface area contributed by atoms with Gasteiger partial charge in [-0.2, -0.15) is 4.98 Å². The highest BCUT2D eigenvalue weighted by Gasteiger charge is 2.55. The molecule has 0 radical (unpaired) electrons. The van der Waals surface area contributed by atoms with Gasteiger partial charge in [0.25, 0.3) is 0 Å². The Bertz CT molecular complexity index is 1450. The third kappa shape index (κ3) is 4.90. The van der Waals surface area contributed by atoms with Crippen molar-refractivity contribution in [3.8, 4) is 10.6 Å². The number of fused-ring (bicyclic) bond motifs is 2. The van der Waals surface area contributed by atoms with Gasteiger partial charge in [-0.25, -0.2) is 14.8 Å². The van der Waals surface area contributed by atoms with Gasteiger partial charge in [0.05, 0.1) is 17.5 Å². The van der Waals surface area contributed by atoms with Gasteiger partial charge in [0, 0.05) is 42.3 Å². The zero-order chi connectivity index (χ0) is 27.7. The van der Waals surface area contributed by atoms with E-state index in [4.69, 9.17) is 31.5 Å². The molecule has 2 N–H and O–H groups in total. The lowest BCUT2D eigenvalue weighted by Gasteiger charge is -2.32. The van der Waals surface area contributed by atoms with Crippen LogP contribution in [-0.2, 0) is 14.2 Å². The van der Waals surface area contributed by atoms with E-state index >= 15 is 0 Å². The van der Waals surface area contributed by atoms with Crippen LogP contribution >= 0.6 is 22.9 Å². The summed E-state index contributed by atoms with van der Waals surface area (Å²) < 4.78 is 20.7. The molecule has 3 aromatic heterocycles. The summed E-state index contributed by atoms with van der Waals surface area (Å²) in [6.07, 6.45) is 6.87. The zero-order valence-corrected chi connectivity index (χ0v) is 24.3. The lowest BCUT2D eigenvalue weighted by molar-refractivity contribution is -0.158. The van der Waals surface area contributed by atoms with E-state index in [1.54, 1.807) is 11.1 Å². The molecular formula is C27H33ClN6O4S. The number of hydrogen-bond acceptors (Lipinski definition) is 9. The molecule has 0 spiro atoms. The Hall–Kier alpha value is -2.73. The largest absolute Gasteiger partial charge is 0.444 e. The number of halogens is 1. The fourth-order valence-electron chi connectivity index (χ4n) is 6.02. The van der Waals surface area contributed by atoms with E-state index in [9.17, 15) is 4.79 Å². The first-order valence-corrected chi connectivity index (χ1v) is 14.4. The number of rotatable bonds is 3. The molecule has 3 aromatic rings. The number of ether oxygens (including phenoxy) is 3.